The fourth-order valence-electron chi connectivity index (χ4n) is 3.29. The highest BCUT2D eigenvalue weighted by molar-refractivity contribution is 5.73. The number of rotatable bonds is 2. The number of likely N-dealkylation sites (tertiary alicyclic amines) is 1. The van der Waals surface area contributed by atoms with E-state index in [1.807, 2.05) is 24.0 Å². The second-order valence-electron chi connectivity index (χ2n) is 6.23. The third-order valence-electron chi connectivity index (χ3n) is 4.57. The van der Waals surface area contributed by atoms with E-state index in [1.165, 1.54) is 6.07 Å². The van der Waals surface area contributed by atoms with Crippen LogP contribution in [0.3, 0.4) is 0 Å². The van der Waals surface area contributed by atoms with Crippen molar-refractivity contribution in [2.45, 2.75) is 32.6 Å². The van der Waals surface area contributed by atoms with Crippen molar-refractivity contribution in [3.05, 3.63) is 53.6 Å². The quantitative estimate of drug-likeness (QED) is 0.842. The van der Waals surface area contributed by atoms with Crippen molar-refractivity contribution in [1.82, 2.24) is 9.88 Å². The molecular formula is C19H21FN2O. The lowest BCUT2D eigenvalue weighted by Gasteiger charge is -2.31. The van der Waals surface area contributed by atoms with Crippen molar-refractivity contribution in [3.8, 4) is 11.1 Å². The predicted octanol–water partition coefficient (Wildman–Crippen LogP) is 3.92. The van der Waals surface area contributed by atoms with Gasteiger partial charge in [-0.15, -0.1) is 0 Å². The summed E-state index contributed by atoms with van der Waals surface area (Å²) < 4.78 is 13.3. The fraction of sp³-hybridized carbons (Fsp3) is 0.368. The molecule has 1 fully saturated rings. The first-order valence-electron chi connectivity index (χ1n) is 8.02. The topological polar surface area (TPSA) is 33.2 Å². The largest absolute Gasteiger partial charge is 0.342 e. The maximum Gasteiger partial charge on any atom is 0.219 e. The molecule has 23 heavy (non-hydrogen) atoms. The third-order valence-corrected chi connectivity index (χ3v) is 4.57. The van der Waals surface area contributed by atoms with Gasteiger partial charge in [-0.2, -0.15) is 0 Å². The summed E-state index contributed by atoms with van der Waals surface area (Å²) in [5.74, 6) is 0.179. The number of amides is 1. The van der Waals surface area contributed by atoms with Gasteiger partial charge in [-0.3, -0.25) is 9.78 Å². The summed E-state index contributed by atoms with van der Waals surface area (Å²) in [7, 11) is 0. The molecule has 2 aromatic rings. The normalized spacial score (nSPS) is 18.0. The molecule has 1 aromatic carbocycles. The number of nitrogens with zero attached hydrogens (tertiary/aromatic N) is 2. The van der Waals surface area contributed by atoms with Crippen LogP contribution < -0.4 is 0 Å². The molecule has 4 heteroatoms. The van der Waals surface area contributed by atoms with Crippen molar-refractivity contribution < 1.29 is 9.18 Å². The average Bonchev–Trinajstić information content (AvgIpc) is 2.55. The first-order chi connectivity index (χ1) is 11.0. The molecule has 0 aliphatic carbocycles. The number of hydrogen-bond donors (Lipinski definition) is 0. The van der Waals surface area contributed by atoms with Crippen LogP contribution >= 0.6 is 0 Å². The zero-order chi connectivity index (χ0) is 16.4. The van der Waals surface area contributed by atoms with Crippen LogP contribution in [-0.4, -0.2) is 28.9 Å². The van der Waals surface area contributed by atoms with Gasteiger partial charge in [-0.1, -0.05) is 6.07 Å². The number of halogens is 1. The summed E-state index contributed by atoms with van der Waals surface area (Å²) >= 11 is 0. The SMILES string of the molecule is CC(=O)N1CCCC(c2cc(-c3ccc(F)cc3C)ccn2)C1. The van der Waals surface area contributed by atoms with Crippen molar-refractivity contribution in [2.24, 2.45) is 0 Å². The maximum atomic E-state index is 13.3. The van der Waals surface area contributed by atoms with Crippen molar-refractivity contribution >= 4 is 5.91 Å². The lowest BCUT2D eigenvalue weighted by Crippen LogP contribution is -2.37. The number of benzene rings is 1. The minimum atomic E-state index is -0.218. The van der Waals surface area contributed by atoms with E-state index in [4.69, 9.17) is 0 Å². The van der Waals surface area contributed by atoms with Crippen LogP contribution in [0.1, 0.15) is 36.9 Å². The van der Waals surface area contributed by atoms with Crippen LogP contribution in [-0.2, 0) is 4.79 Å². The molecule has 1 aliphatic heterocycles. The first kappa shape index (κ1) is 15.7. The molecule has 120 valence electrons. The van der Waals surface area contributed by atoms with Crippen molar-refractivity contribution in [3.63, 3.8) is 0 Å². The first-order valence-corrected chi connectivity index (χ1v) is 8.02. The van der Waals surface area contributed by atoms with Gasteiger partial charge < -0.3 is 4.90 Å². The Balaban J connectivity index is 1.89. The molecule has 1 atom stereocenters. The van der Waals surface area contributed by atoms with Gasteiger partial charge in [0.15, 0.2) is 0 Å². The van der Waals surface area contributed by atoms with Crippen LogP contribution in [0.2, 0.25) is 0 Å². The van der Waals surface area contributed by atoms with Crippen LogP contribution in [0.5, 0.6) is 0 Å². The highest BCUT2D eigenvalue weighted by atomic mass is 19.1. The zero-order valence-corrected chi connectivity index (χ0v) is 13.6. The molecule has 1 unspecified atom stereocenters. The Kier molecular flexibility index (Phi) is 4.42. The Morgan fingerprint density at radius 2 is 2.13 bits per heavy atom. The Morgan fingerprint density at radius 1 is 1.30 bits per heavy atom. The molecule has 1 amide bonds. The molecular weight excluding hydrogens is 291 g/mol. The second kappa shape index (κ2) is 6.49. The minimum Gasteiger partial charge on any atom is -0.342 e. The van der Waals surface area contributed by atoms with Gasteiger partial charge in [-0.25, -0.2) is 4.39 Å². The number of carbonyl (C=O) groups is 1. The molecule has 0 spiro atoms. The van der Waals surface area contributed by atoms with Gasteiger partial charge in [-0.05, 0) is 60.7 Å². The van der Waals surface area contributed by atoms with Crippen LogP contribution in [0.25, 0.3) is 11.1 Å². The number of carbonyl (C=O) groups excluding carboxylic acids is 1. The summed E-state index contributed by atoms with van der Waals surface area (Å²) in [4.78, 5) is 18.0. The standard InChI is InChI=1S/C19H21FN2O/c1-13-10-17(20)5-6-18(13)15-7-8-21-19(11-15)16-4-3-9-22(12-16)14(2)23/h5-8,10-11,16H,3-4,9,12H2,1-2H3. The lowest BCUT2D eigenvalue weighted by atomic mass is 9.92. The van der Waals surface area contributed by atoms with Gasteiger partial charge in [0.1, 0.15) is 5.82 Å². The fourth-order valence-corrected chi connectivity index (χ4v) is 3.29. The summed E-state index contributed by atoms with van der Waals surface area (Å²) in [5, 5.41) is 0. The highest BCUT2D eigenvalue weighted by Crippen LogP contribution is 2.30. The van der Waals surface area contributed by atoms with Crippen LogP contribution in [0, 0.1) is 12.7 Å². The Labute approximate surface area is 136 Å². The van der Waals surface area contributed by atoms with Gasteiger partial charge in [0.05, 0.1) is 0 Å². The average molecular weight is 312 g/mol. The predicted molar refractivity (Wildman–Crippen MR) is 88.6 cm³/mol. The summed E-state index contributed by atoms with van der Waals surface area (Å²) in [6.07, 6.45) is 3.86. The number of piperidine rings is 1. The Morgan fingerprint density at radius 3 is 2.87 bits per heavy atom. The van der Waals surface area contributed by atoms with E-state index in [0.29, 0.717) is 0 Å². The van der Waals surface area contributed by atoms with E-state index >= 15 is 0 Å². The highest BCUT2D eigenvalue weighted by Gasteiger charge is 2.24. The van der Waals surface area contributed by atoms with E-state index in [2.05, 4.69) is 11.1 Å². The van der Waals surface area contributed by atoms with E-state index in [-0.39, 0.29) is 17.6 Å². The summed E-state index contributed by atoms with van der Waals surface area (Å²) in [6, 6.07) is 8.88. The molecule has 0 N–H and O–H groups in total. The number of hydrogen-bond acceptors (Lipinski definition) is 2. The molecule has 0 saturated carbocycles. The molecule has 0 radical (unpaired) electrons. The maximum absolute atomic E-state index is 13.3. The van der Waals surface area contributed by atoms with Crippen LogP contribution in [0.15, 0.2) is 36.5 Å². The Bertz CT molecular complexity index is 729. The number of aryl methyl sites for hydroxylation is 1. The molecule has 0 bridgehead atoms. The van der Waals surface area contributed by atoms with Crippen molar-refractivity contribution in [2.75, 3.05) is 13.1 Å². The van der Waals surface area contributed by atoms with E-state index < -0.39 is 0 Å². The van der Waals surface area contributed by atoms with E-state index in [1.54, 1.807) is 19.2 Å². The van der Waals surface area contributed by atoms with Gasteiger partial charge in [0, 0.05) is 37.8 Å². The molecule has 3 rings (SSSR count). The van der Waals surface area contributed by atoms with Crippen molar-refractivity contribution in [1.29, 1.82) is 0 Å². The van der Waals surface area contributed by atoms with Crippen LogP contribution in [0.4, 0.5) is 4.39 Å². The second-order valence-corrected chi connectivity index (χ2v) is 6.23. The Hall–Kier alpha value is -2.23. The monoisotopic (exact) mass is 312 g/mol. The number of pyridine rings is 1. The smallest absolute Gasteiger partial charge is 0.219 e. The minimum absolute atomic E-state index is 0.125. The third kappa shape index (κ3) is 3.41. The summed E-state index contributed by atoms with van der Waals surface area (Å²) in [5.41, 5.74) is 4.00. The van der Waals surface area contributed by atoms with E-state index in [9.17, 15) is 9.18 Å². The molecule has 3 nitrogen and oxygen atoms in total. The van der Waals surface area contributed by atoms with Gasteiger partial charge >= 0.3 is 0 Å². The molecule has 1 aliphatic rings. The van der Waals surface area contributed by atoms with E-state index in [0.717, 1.165) is 48.3 Å². The summed E-state index contributed by atoms with van der Waals surface area (Å²) in [6.45, 7) is 5.10. The number of aromatic nitrogens is 1. The lowest BCUT2D eigenvalue weighted by molar-refractivity contribution is -0.130. The molecule has 1 saturated heterocycles. The van der Waals surface area contributed by atoms with Gasteiger partial charge in [0.25, 0.3) is 0 Å². The zero-order valence-electron chi connectivity index (χ0n) is 13.6. The molecule has 2 heterocycles. The van der Waals surface area contributed by atoms with Gasteiger partial charge in [0.2, 0.25) is 5.91 Å². The molecule has 1 aromatic heterocycles.